The number of aryl methyl sites for hydroxylation is 1. The molecule has 3 aromatic rings. The third kappa shape index (κ3) is 3.60. The SMILES string of the molecule is O=c1n(C2CC(Oc3ccc(C(F)F)cn3)C2)nc2n1[C@H](c1cc(F)cc(F)c1)CC2. The number of hydrogen-bond donors (Lipinski definition) is 0. The number of benzene rings is 1. The quantitative estimate of drug-likeness (QED) is 0.570. The van der Waals surface area contributed by atoms with E-state index in [1.165, 1.54) is 33.5 Å². The van der Waals surface area contributed by atoms with Crippen LogP contribution >= 0.6 is 0 Å². The van der Waals surface area contributed by atoms with Gasteiger partial charge in [0.25, 0.3) is 6.43 Å². The van der Waals surface area contributed by atoms with Gasteiger partial charge in [0.05, 0.1) is 12.1 Å². The first-order chi connectivity index (χ1) is 14.9. The maximum atomic E-state index is 13.6. The molecule has 1 atom stereocenters. The van der Waals surface area contributed by atoms with Crippen molar-refractivity contribution < 1.29 is 22.3 Å². The predicted octanol–water partition coefficient (Wildman–Crippen LogP) is 3.97. The van der Waals surface area contributed by atoms with Gasteiger partial charge in [0.15, 0.2) is 0 Å². The second-order valence-corrected chi connectivity index (χ2v) is 7.87. The number of ether oxygens (including phenoxy) is 1. The van der Waals surface area contributed by atoms with Crippen LogP contribution in [-0.2, 0) is 6.42 Å². The highest BCUT2D eigenvalue weighted by Crippen LogP contribution is 2.36. The molecule has 1 aliphatic heterocycles. The molecule has 6 nitrogen and oxygen atoms in total. The predicted molar refractivity (Wildman–Crippen MR) is 101 cm³/mol. The third-order valence-electron chi connectivity index (χ3n) is 5.84. The number of aromatic nitrogens is 4. The molecule has 2 aromatic heterocycles. The van der Waals surface area contributed by atoms with E-state index in [9.17, 15) is 22.4 Å². The van der Waals surface area contributed by atoms with Gasteiger partial charge >= 0.3 is 5.69 Å². The lowest BCUT2D eigenvalue weighted by molar-refractivity contribution is 0.0583. The zero-order chi connectivity index (χ0) is 21.7. The van der Waals surface area contributed by atoms with Crippen LogP contribution in [0.25, 0.3) is 0 Å². The average molecular weight is 434 g/mol. The lowest BCUT2D eigenvalue weighted by Gasteiger charge is -2.34. The Balaban J connectivity index is 1.29. The fourth-order valence-electron chi connectivity index (χ4n) is 4.23. The second kappa shape index (κ2) is 7.51. The standard InChI is InChI=1S/C21H18F4N4O2/c22-13-5-12(6-14(23)7-13)17-2-3-18-27-29(21(30)28(17)18)15-8-16(9-15)31-19-4-1-11(10-26-19)20(24)25/h1,4-7,10,15-17,20H,2-3,8-9H2/t15?,16?,17-/m0/s1. The van der Waals surface area contributed by atoms with Crippen LogP contribution in [0.2, 0.25) is 0 Å². The van der Waals surface area contributed by atoms with Gasteiger partial charge in [-0.15, -0.1) is 0 Å². The molecule has 1 aliphatic carbocycles. The van der Waals surface area contributed by atoms with Crippen LogP contribution in [0.15, 0.2) is 41.3 Å². The zero-order valence-electron chi connectivity index (χ0n) is 16.2. The molecular formula is C21H18F4N4O2. The molecule has 0 N–H and O–H groups in total. The number of rotatable bonds is 5. The Hall–Kier alpha value is -3.17. The lowest BCUT2D eigenvalue weighted by atomic mass is 9.89. The van der Waals surface area contributed by atoms with Crippen LogP contribution in [-0.4, -0.2) is 25.4 Å². The fourth-order valence-corrected chi connectivity index (χ4v) is 4.23. The van der Waals surface area contributed by atoms with Crippen molar-refractivity contribution in [3.05, 3.63) is 75.6 Å². The number of nitrogens with zero attached hydrogens (tertiary/aromatic N) is 4. The number of halogens is 4. The van der Waals surface area contributed by atoms with Crippen molar-refractivity contribution in [3.8, 4) is 5.88 Å². The Morgan fingerprint density at radius 2 is 1.84 bits per heavy atom. The maximum Gasteiger partial charge on any atom is 0.346 e. The van der Waals surface area contributed by atoms with Crippen LogP contribution in [0.4, 0.5) is 17.6 Å². The summed E-state index contributed by atoms with van der Waals surface area (Å²) in [5.41, 5.74) is -0.0817. The van der Waals surface area contributed by atoms with Crippen LogP contribution in [0.3, 0.4) is 0 Å². The van der Waals surface area contributed by atoms with Gasteiger partial charge in [0, 0.05) is 43.2 Å². The van der Waals surface area contributed by atoms with Gasteiger partial charge in [-0.25, -0.2) is 32.0 Å². The van der Waals surface area contributed by atoms with Gasteiger partial charge in [0.1, 0.15) is 23.6 Å². The van der Waals surface area contributed by atoms with Crippen LogP contribution in [0.5, 0.6) is 5.88 Å². The number of fused-ring (bicyclic) bond motifs is 1. The van der Waals surface area contributed by atoms with E-state index in [1.807, 2.05) is 0 Å². The highest BCUT2D eigenvalue weighted by atomic mass is 19.3. The second-order valence-electron chi connectivity index (χ2n) is 7.87. The molecule has 1 fully saturated rings. The molecule has 10 heteroatoms. The minimum Gasteiger partial charge on any atom is -0.474 e. The Labute approximate surface area is 174 Å². The summed E-state index contributed by atoms with van der Waals surface area (Å²) in [7, 11) is 0. The summed E-state index contributed by atoms with van der Waals surface area (Å²) in [5.74, 6) is -0.523. The van der Waals surface area contributed by atoms with Gasteiger partial charge in [-0.3, -0.25) is 4.57 Å². The molecule has 1 aromatic carbocycles. The molecule has 31 heavy (non-hydrogen) atoms. The Morgan fingerprint density at radius 1 is 1.10 bits per heavy atom. The third-order valence-corrected chi connectivity index (χ3v) is 5.84. The van der Waals surface area contributed by atoms with E-state index >= 15 is 0 Å². The first-order valence-corrected chi connectivity index (χ1v) is 9.95. The Bertz CT molecular complexity index is 1150. The van der Waals surface area contributed by atoms with E-state index in [0.29, 0.717) is 37.1 Å². The molecule has 0 saturated heterocycles. The zero-order valence-corrected chi connectivity index (χ0v) is 16.2. The largest absolute Gasteiger partial charge is 0.474 e. The van der Waals surface area contributed by atoms with E-state index in [-0.39, 0.29) is 29.3 Å². The molecule has 5 rings (SSSR count). The topological polar surface area (TPSA) is 61.9 Å². The number of pyridine rings is 1. The van der Waals surface area contributed by atoms with E-state index in [4.69, 9.17) is 4.74 Å². The van der Waals surface area contributed by atoms with E-state index in [1.54, 1.807) is 0 Å². The molecule has 3 heterocycles. The maximum absolute atomic E-state index is 13.6. The van der Waals surface area contributed by atoms with Gasteiger partial charge in [-0.1, -0.05) is 0 Å². The summed E-state index contributed by atoms with van der Waals surface area (Å²) in [6, 6.07) is 5.33. The molecule has 162 valence electrons. The normalized spacial score (nSPS) is 22.4. The van der Waals surface area contributed by atoms with E-state index in [2.05, 4.69) is 10.1 Å². The smallest absolute Gasteiger partial charge is 0.346 e. The first kappa shape index (κ1) is 19.8. The summed E-state index contributed by atoms with van der Waals surface area (Å²) in [6.07, 6.45) is 0.428. The van der Waals surface area contributed by atoms with Crippen molar-refractivity contribution in [1.29, 1.82) is 0 Å². The highest BCUT2D eigenvalue weighted by Gasteiger charge is 2.38. The van der Waals surface area contributed by atoms with Gasteiger partial charge < -0.3 is 4.74 Å². The molecule has 0 bridgehead atoms. The van der Waals surface area contributed by atoms with Crippen molar-refractivity contribution >= 4 is 0 Å². The minimum atomic E-state index is -2.59. The fraction of sp³-hybridized carbons (Fsp3) is 0.381. The van der Waals surface area contributed by atoms with Gasteiger partial charge in [-0.2, -0.15) is 5.10 Å². The van der Waals surface area contributed by atoms with Crippen molar-refractivity contribution in [3.63, 3.8) is 0 Å². The minimum absolute atomic E-state index is 0.166. The van der Waals surface area contributed by atoms with E-state index < -0.39 is 24.1 Å². The average Bonchev–Trinajstić information content (AvgIpc) is 3.24. The van der Waals surface area contributed by atoms with Crippen LogP contribution < -0.4 is 10.4 Å². The summed E-state index contributed by atoms with van der Waals surface area (Å²) >= 11 is 0. The van der Waals surface area contributed by atoms with Crippen molar-refractivity contribution in [2.45, 2.75) is 50.3 Å². The van der Waals surface area contributed by atoms with Crippen molar-refractivity contribution in [2.24, 2.45) is 0 Å². The van der Waals surface area contributed by atoms with E-state index in [0.717, 1.165) is 12.3 Å². The first-order valence-electron chi connectivity index (χ1n) is 9.95. The van der Waals surface area contributed by atoms with Crippen molar-refractivity contribution in [1.82, 2.24) is 19.3 Å². The van der Waals surface area contributed by atoms with Crippen LogP contribution in [0, 0.1) is 11.6 Å². The molecule has 0 unspecified atom stereocenters. The van der Waals surface area contributed by atoms with Crippen molar-refractivity contribution in [2.75, 3.05) is 0 Å². The summed E-state index contributed by atoms with van der Waals surface area (Å²) in [5, 5.41) is 4.43. The monoisotopic (exact) mass is 434 g/mol. The Kier molecular flexibility index (Phi) is 4.79. The molecule has 0 spiro atoms. The Morgan fingerprint density at radius 3 is 2.48 bits per heavy atom. The molecule has 0 radical (unpaired) electrons. The molecule has 2 aliphatic rings. The number of alkyl halides is 2. The molecule has 1 saturated carbocycles. The lowest BCUT2D eigenvalue weighted by Crippen LogP contribution is -2.41. The summed E-state index contributed by atoms with van der Waals surface area (Å²) in [4.78, 5) is 16.9. The van der Waals surface area contributed by atoms with Crippen LogP contribution in [0.1, 0.15) is 54.7 Å². The molecular weight excluding hydrogens is 416 g/mol. The summed E-state index contributed by atoms with van der Waals surface area (Å²) in [6.45, 7) is 0. The molecule has 0 amide bonds. The number of hydrogen-bond acceptors (Lipinski definition) is 4. The van der Waals surface area contributed by atoms with Gasteiger partial charge in [0.2, 0.25) is 5.88 Å². The highest BCUT2D eigenvalue weighted by molar-refractivity contribution is 5.25. The summed E-state index contributed by atoms with van der Waals surface area (Å²) < 4.78 is 61.1. The van der Waals surface area contributed by atoms with Gasteiger partial charge in [-0.05, 0) is 30.2 Å².